The molecular weight excluding hydrogens is 282 g/mol. The predicted molar refractivity (Wildman–Crippen MR) is 84.9 cm³/mol. The van der Waals surface area contributed by atoms with Crippen molar-refractivity contribution in [2.24, 2.45) is 0 Å². The van der Waals surface area contributed by atoms with Gasteiger partial charge >= 0.3 is 0 Å². The van der Waals surface area contributed by atoms with E-state index < -0.39 is 6.10 Å². The van der Waals surface area contributed by atoms with Gasteiger partial charge in [-0.05, 0) is 37.1 Å². The number of methoxy groups -OCH3 is 1. The largest absolute Gasteiger partial charge is 0.464 e. The summed E-state index contributed by atoms with van der Waals surface area (Å²) in [5.41, 5.74) is 4.01. The quantitative estimate of drug-likeness (QED) is 0.887. The van der Waals surface area contributed by atoms with Crippen LogP contribution in [0.15, 0.2) is 22.8 Å². The summed E-state index contributed by atoms with van der Waals surface area (Å²) in [6.45, 7) is 4.54. The second-order valence-electron chi connectivity index (χ2n) is 5.75. The molecule has 0 aliphatic heterocycles. The number of hydrogen-bond acceptors (Lipinski definition) is 4. The number of amides is 1. The van der Waals surface area contributed by atoms with Gasteiger partial charge in [0.25, 0.3) is 0 Å². The molecule has 0 saturated heterocycles. The molecule has 1 N–H and O–H groups in total. The van der Waals surface area contributed by atoms with Gasteiger partial charge in [0.1, 0.15) is 5.58 Å². The minimum absolute atomic E-state index is 0.0592. The Kier molecular flexibility index (Phi) is 5.21. The Bertz CT molecular complexity index is 662. The maximum atomic E-state index is 12.3. The van der Waals surface area contributed by atoms with Crippen molar-refractivity contribution in [2.45, 2.75) is 26.4 Å². The fourth-order valence-corrected chi connectivity index (χ4v) is 2.43. The zero-order chi connectivity index (χ0) is 16.3. The molecule has 1 heterocycles. The van der Waals surface area contributed by atoms with E-state index in [4.69, 9.17) is 9.15 Å². The van der Waals surface area contributed by atoms with Gasteiger partial charge in [0.15, 0.2) is 0 Å². The molecule has 1 atom stereocenters. The molecule has 2 rings (SSSR count). The summed E-state index contributed by atoms with van der Waals surface area (Å²) in [7, 11) is 3.20. The number of aliphatic hydroxyl groups is 1. The van der Waals surface area contributed by atoms with E-state index in [1.54, 1.807) is 13.3 Å². The summed E-state index contributed by atoms with van der Waals surface area (Å²) in [6, 6.07) is 4.04. The number of hydrogen-bond donors (Lipinski definition) is 1. The van der Waals surface area contributed by atoms with E-state index in [1.807, 2.05) is 19.9 Å². The molecule has 2 aromatic rings. The van der Waals surface area contributed by atoms with Crippen molar-refractivity contribution in [1.82, 2.24) is 4.90 Å². The fourth-order valence-electron chi connectivity index (χ4n) is 2.43. The van der Waals surface area contributed by atoms with Crippen molar-refractivity contribution in [2.75, 3.05) is 27.3 Å². The Morgan fingerprint density at radius 2 is 2.05 bits per heavy atom. The third-order valence-electron chi connectivity index (χ3n) is 3.88. The van der Waals surface area contributed by atoms with Crippen molar-refractivity contribution in [1.29, 1.82) is 0 Å². The Hall–Kier alpha value is -1.85. The number of carbonyl (C=O) groups excluding carboxylic acids is 1. The fraction of sp³-hybridized carbons (Fsp3) is 0.471. The molecule has 0 spiro atoms. The number of aryl methyl sites for hydroxylation is 2. The summed E-state index contributed by atoms with van der Waals surface area (Å²) in [5, 5.41) is 10.7. The Morgan fingerprint density at radius 1 is 1.36 bits per heavy atom. The monoisotopic (exact) mass is 305 g/mol. The highest BCUT2D eigenvalue weighted by atomic mass is 16.5. The van der Waals surface area contributed by atoms with Crippen LogP contribution in [0.1, 0.15) is 16.7 Å². The van der Waals surface area contributed by atoms with Gasteiger partial charge in [-0.3, -0.25) is 4.79 Å². The molecule has 5 nitrogen and oxygen atoms in total. The lowest BCUT2D eigenvalue weighted by Gasteiger charge is -2.20. The molecular formula is C17H23NO4. The van der Waals surface area contributed by atoms with Gasteiger partial charge in [-0.2, -0.15) is 0 Å². The first-order valence-corrected chi connectivity index (χ1v) is 7.30. The van der Waals surface area contributed by atoms with Crippen LogP contribution in [0, 0.1) is 13.8 Å². The number of aliphatic hydroxyl groups excluding tert-OH is 1. The molecule has 1 unspecified atom stereocenters. The van der Waals surface area contributed by atoms with Gasteiger partial charge in [-0.25, -0.2) is 0 Å². The van der Waals surface area contributed by atoms with Crippen LogP contribution in [-0.4, -0.2) is 49.3 Å². The number of benzene rings is 1. The Morgan fingerprint density at radius 3 is 2.73 bits per heavy atom. The lowest BCUT2D eigenvalue weighted by molar-refractivity contribution is -0.130. The smallest absolute Gasteiger partial charge is 0.226 e. The molecule has 1 aromatic carbocycles. The standard InChI is InChI=1S/C17H23NO4/c1-11-5-15-13(9-22-16(15)6-12(11)2)7-17(20)18(3)8-14(19)10-21-4/h5-6,9,14,19H,7-8,10H2,1-4H3. The zero-order valence-corrected chi connectivity index (χ0v) is 13.5. The number of furan rings is 1. The molecule has 0 bridgehead atoms. The zero-order valence-electron chi connectivity index (χ0n) is 13.5. The van der Waals surface area contributed by atoms with E-state index in [0.717, 1.165) is 16.5 Å². The molecule has 5 heteroatoms. The van der Waals surface area contributed by atoms with Gasteiger partial charge in [-0.1, -0.05) is 0 Å². The third kappa shape index (κ3) is 3.67. The number of rotatable bonds is 6. The SMILES string of the molecule is COCC(O)CN(C)C(=O)Cc1coc2cc(C)c(C)cc12. The van der Waals surface area contributed by atoms with Crippen LogP contribution in [0.5, 0.6) is 0 Å². The van der Waals surface area contributed by atoms with Gasteiger partial charge in [0, 0.05) is 31.7 Å². The van der Waals surface area contributed by atoms with Gasteiger partial charge in [0.05, 0.1) is 25.4 Å². The molecule has 0 aliphatic rings. The van der Waals surface area contributed by atoms with E-state index in [2.05, 4.69) is 6.07 Å². The van der Waals surface area contributed by atoms with Gasteiger partial charge < -0.3 is 19.2 Å². The van der Waals surface area contributed by atoms with Crippen LogP contribution in [0.25, 0.3) is 11.0 Å². The number of nitrogens with zero attached hydrogens (tertiary/aromatic N) is 1. The molecule has 1 amide bonds. The van der Waals surface area contributed by atoms with Crippen LogP contribution < -0.4 is 0 Å². The van der Waals surface area contributed by atoms with Crippen LogP contribution in [0.3, 0.4) is 0 Å². The topological polar surface area (TPSA) is 62.9 Å². The maximum Gasteiger partial charge on any atom is 0.226 e. The van der Waals surface area contributed by atoms with Crippen molar-refractivity contribution >= 4 is 16.9 Å². The highest BCUT2D eigenvalue weighted by Crippen LogP contribution is 2.25. The molecule has 0 radical (unpaired) electrons. The van der Waals surface area contributed by atoms with Gasteiger partial charge in [0.2, 0.25) is 5.91 Å². The molecule has 120 valence electrons. The van der Waals surface area contributed by atoms with Crippen molar-refractivity contribution in [3.8, 4) is 0 Å². The lowest BCUT2D eigenvalue weighted by atomic mass is 10.0. The number of ether oxygens (including phenoxy) is 1. The molecule has 1 aromatic heterocycles. The summed E-state index contributed by atoms with van der Waals surface area (Å²) in [6.07, 6.45) is 1.22. The predicted octanol–water partition coefficient (Wildman–Crippen LogP) is 2.06. The minimum atomic E-state index is -0.676. The number of carbonyl (C=O) groups is 1. The third-order valence-corrected chi connectivity index (χ3v) is 3.88. The van der Waals surface area contributed by atoms with Crippen molar-refractivity contribution in [3.05, 3.63) is 35.1 Å². The van der Waals surface area contributed by atoms with Crippen molar-refractivity contribution < 1.29 is 19.1 Å². The normalized spacial score (nSPS) is 12.6. The van der Waals surface area contributed by atoms with Crippen LogP contribution in [-0.2, 0) is 16.0 Å². The summed E-state index contributed by atoms with van der Waals surface area (Å²) in [5.74, 6) is -0.0592. The van der Waals surface area contributed by atoms with E-state index >= 15 is 0 Å². The average Bonchev–Trinajstić information content (AvgIpc) is 2.82. The average molecular weight is 305 g/mol. The highest BCUT2D eigenvalue weighted by Gasteiger charge is 2.17. The highest BCUT2D eigenvalue weighted by molar-refractivity contribution is 5.88. The Balaban J connectivity index is 2.10. The van der Waals surface area contributed by atoms with Crippen molar-refractivity contribution in [3.63, 3.8) is 0 Å². The van der Waals surface area contributed by atoms with E-state index in [1.165, 1.54) is 23.1 Å². The molecule has 0 aliphatic carbocycles. The molecule has 0 fully saturated rings. The number of fused-ring (bicyclic) bond motifs is 1. The first-order valence-electron chi connectivity index (χ1n) is 7.30. The first-order chi connectivity index (χ1) is 10.4. The van der Waals surface area contributed by atoms with E-state index in [0.29, 0.717) is 0 Å². The van der Waals surface area contributed by atoms with E-state index in [9.17, 15) is 9.90 Å². The summed E-state index contributed by atoms with van der Waals surface area (Å²) < 4.78 is 10.4. The second kappa shape index (κ2) is 6.94. The molecule has 0 saturated carbocycles. The first kappa shape index (κ1) is 16.5. The van der Waals surface area contributed by atoms with E-state index in [-0.39, 0.29) is 25.5 Å². The van der Waals surface area contributed by atoms with Crippen LogP contribution >= 0.6 is 0 Å². The Labute approximate surface area is 130 Å². The lowest BCUT2D eigenvalue weighted by Crippen LogP contribution is -2.37. The number of likely N-dealkylation sites (N-methyl/N-ethyl adjacent to an activating group) is 1. The van der Waals surface area contributed by atoms with Gasteiger partial charge in [-0.15, -0.1) is 0 Å². The summed E-state index contributed by atoms with van der Waals surface area (Å²) >= 11 is 0. The van der Waals surface area contributed by atoms with Crippen LogP contribution in [0.2, 0.25) is 0 Å². The minimum Gasteiger partial charge on any atom is -0.464 e. The van der Waals surface area contributed by atoms with Crippen LogP contribution in [0.4, 0.5) is 0 Å². The maximum absolute atomic E-state index is 12.3. The summed E-state index contributed by atoms with van der Waals surface area (Å²) in [4.78, 5) is 13.8. The molecule has 22 heavy (non-hydrogen) atoms. The second-order valence-corrected chi connectivity index (χ2v) is 5.75.